The van der Waals surface area contributed by atoms with Crippen LogP contribution in [0.1, 0.15) is 15.2 Å². The average Bonchev–Trinajstić information content (AvgIpc) is 3.21. The molecular formula is C24H20F3N3O3S. The van der Waals surface area contributed by atoms with Gasteiger partial charge in [-0.25, -0.2) is 4.98 Å². The summed E-state index contributed by atoms with van der Waals surface area (Å²) in [4.78, 5) is 18.6. The van der Waals surface area contributed by atoms with Crippen molar-refractivity contribution in [3.8, 4) is 22.8 Å². The highest BCUT2D eigenvalue weighted by Gasteiger charge is 2.30. The highest BCUT2D eigenvalue weighted by molar-refractivity contribution is 7.21. The molecule has 2 aromatic carbocycles. The Morgan fingerprint density at radius 2 is 1.76 bits per heavy atom. The van der Waals surface area contributed by atoms with E-state index in [1.807, 2.05) is 18.2 Å². The second-order valence-electron chi connectivity index (χ2n) is 7.21. The Balaban J connectivity index is 1.69. The van der Waals surface area contributed by atoms with Gasteiger partial charge < -0.3 is 20.1 Å². The van der Waals surface area contributed by atoms with Gasteiger partial charge in [0.2, 0.25) is 0 Å². The minimum atomic E-state index is -4.50. The molecule has 2 heterocycles. The van der Waals surface area contributed by atoms with E-state index in [1.54, 1.807) is 33.4 Å². The molecule has 0 saturated carbocycles. The number of amides is 1. The summed E-state index contributed by atoms with van der Waals surface area (Å²) in [6, 6.07) is 13.6. The zero-order chi connectivity index (χ0) is 24.5. The summed E-state index contributed by atoms with van der Waals surface area (Å²) >= 11 is 1.15. The quantitative estimate of drug-likeness (QED) is 0.334. The zero-order valence-electron chi connectivity index (χ0n) is 18.4. The number of rotatable bonds is 6. The molecule has 0 spiro atoms. The van der Waals surface area contributed by atoms with Crippen LogP contribution in [0.4, 0.5) is 24.5 Å². The van der Waals surface area contributed by atoms with Gasteiger partial charge in [0, 0.05) is 23.7 Å². The number of halogens is 3. The summed E-state index contributed by atoms with van der Waals surface area (Å²) in [5, 5.41) is 6.29. The van der Waals surface area contributed by atoms with Gasteiger partial charge in [-0.3, -0.25) is 4.79 Å². The van der Waals surface area contributed by atoms with Gasteiger partial charge in [0.15, 0.2) is 11.5 Å². The Morgan fingerprint density at radius 3 is 2.44 bits per heavy atom. The number of nitrogens with zero attached hydrogens (tertiary/aromatic N) is 1. The molecule has 4 aromatic rings. The van der Waals surface area contributed by atoms with Gasteiger partial charge in [-0.15, -0.1) is 11.3 Å². The first-order valence-electron chi connectivity index (χ1n) is 10.1. The van der Waals surface area contributed by atoms with Gasteiger partial charge in [-0.2, -0.15) is 13.2 Å². The summed E-state index contributed by atoms with van der Waals surface area (Å²) in [6.45, 7) is 0. The number of methoxy groups -OCH3 is 2. The van der Waals surface area contributed by atoms with Gasteiger partial charge >= 0.3 is 6.18 Å². The first-order chi connectivity index (χ1) is 16.2. The zero-order valence-corrected chi connectivity index (χ0v) is 19.2. The van der Waals surface area contributed by atoms with Crippen molar-refractivity contribution >= 4 is 38.8 Å². The fourth-order valence-corrected chi connectivity index (χ4v) is 4.58. The van der Waals surface area contributed by atoms with Gasteiger partial charge in [0.05, 0.1) is 31.2 Å². The van der Waals surface area contributed by atoms with E-state index in [1.165, 1.54) is 12.1 Å². The molecular weight excluding hydrogens is 467 g/mol. The molecule has 176 valence electrons. The lowest BCUT2D eigenvalue weighted by molar-refractivity contribution is -0.137. The van der Waals surface area contributed by atoms with Crippen LogP contribution < -0.4 is 20.1 Å². The monoisotopic (exact) mass is 487 g/mol. The molecule has 0 aliphatic heterocycles. The molecule has 34 heavy (non-hydrogen) atoms. The van der Waals surface area contributed by atoms with Gasteiger partial charge in [0.25, 0.3) is 5.91 Å². The number of carbonyl (C=O) groups excluding carboxylic acids is 1. The van der Waals surface area contributed by atoms with Crippen LogP contribution >= 0.6 is 11.3 Å². The standard InChI is InChI=1S/C24H20F3N3O3S/c1-28-20-16-8-9-17(13-7-10-18(32-2)19(11-13)33-3)30-23(16)34-21(20)22(31)29-15-6-4-5-14(12-15)24(25,26)27/h4-12,28H,1-3H3,(H,29,31). The Kier molecular flexibility index (Phi) is 6.34. The van der Waals surface area contributed by atoms with Crippen molar-refractivity contribution in [2.75, 3.05) is 31.9 Å². The van der Waals surface area contributed by atoms with E-state index in [2.05, 4.69) is 10.6 Å². The topological polar surface area (TPSA) is 72.5 Å². The maximum Gasteiger partial charge on any atom is 0.416 e. The maximum atomic E-state index is 13.0. The number of aromatic nitrogens is 1. The molecule has 0 bridgehead atoms. The van der Waals surface area contributed by atoms with E-state index >= 15 is 0 Å². The van der Waals surface area contributed by atoms with Crippen molar-refractivity contribution in [3.63, 3.8) is 0 Å². The lowest BCUT2D eigenvalue weighted by Gasteiger charge is -2.10. The molecule has 10 heteroatoms. The van der Waals surface area contributed by atoms with Crippen molar-refractivity contribution in [2.24, 2.45) is 0 Å². The predicted octanol–water partition coefficient (Wildman–Crippen LogP) is 6.29. The smallest absolute Gasteiger partial charge is 0.416 e. The predicted molar refractivity (Wildman–Crippen MR) is 127 cm³/mol. The number of anilines is 2. The number of alkyl halides is 3. The third kappa shape index (κ3) is 4.49. The molecule has 2 aromatic heterocycles. The summed E-state index contributed by atoms with van der Waals surface area (Å²) in [7, 11) is 4.77. The molecule has 0 radical (unpaired) electrons. The summed E-state index contributed by atoms with van der Waals surface area (Å²) < 4.78 is 49.7. The normalized spacial score (nSPS) is 11.4. The molecule has 1 amide bonds. The number of fused-ring (bicyclic) bond motifs is 1. The molecule has 0 unspecified atom stereocenters. The van der Waals surface area contributed by atoms with E-state index < -0.39 is 17.6 Å². The van der Waals surface area contributed by atoms with Gasteiger partial charge in [-0.05, 0) is 48.5 Å². The maximum absolute atomic E-state index is 13.0. The first kappa shape index (κ1) is 23.4. The number of carbonyl (C=O) groups is 1. The van der Waals surface area contributed by atoms with Crippen LogP contribution in [0.2, 0.25) is 0 Å². The van der Waals surface area contributed by atoms with Crippen LogP contribution in [0.5, 0.6) is 11.5 Å². The molecule has 0 fully saturated rings. The van der Waals surface area contributed by atoms with Gasteiger partial charge in [0.1, 0.15) is 9.71 Å². The summed E-state index contributed by atoms with van der Waals surface area (Å²) in [5.41, 5.74) is 1.24. The van der Waals surface area contributed by atoms with Crippen LogP contribution in [0.25, 0.3) is 21.5 Å². The van der Waals surface area contributed by atoms with E-state index in [0.29, 0.717) is 32.6 Å². The fraction of sp³-hybridized carbons (Fsp3) is 0.167. The van der Waals surface area contributed by atoms with E-state index in [-0.39, 0.29) is 5.69 Å². The third-order valence-corrected chi connectivity index (χ3v) is 6.24. The van der Waals surface area contributed by atoms with Crippen LogP contribution in [0.3, 0.4) is 0 Å². The number of pyridine rings is 1. The lowest BCUT2D eigenvalue weighted by Crippen LogP contribution is -2.13. The molecule has 6 nitrogen and oxygen atoms in total. The van der Waals surface area contributed by atoms with Crippen molar-refractivity contribution in [1.29, 1.82) is 0 Å². The Labute approximate surface area is 197 Å². The fourth-order valence-electron chi connectivity index (χ4n) is 3.50. The number of hydrogen-bond donors (Lipinski definition) is 2. The second-order valence-corrected chi connectivity index (χ2v) is 8.21. The van der Waals surface area contributed by atoms with Crippen molar-refractivity contribution in [1.82, 2.24) is 4.98 Å². The minimum Gasteiger partial charge on any atom is -0.493 e. The second kappa shape index (κ2) is 9.22. The molecule has 4 rings (SSSR count). The lowest BCUT2D eigenvalue weighted by atomic mass is 10.1. The molecule has 0 atom stereocenters. The minimum absolute atomic E-state index is 0.0540. The summed E-state index contributed by atoms with van der Waals surface area (Å²) in [6.07, 6.45) is -4.50. The highest BCUT2D eigenvalue weighted by Crippen LogP contribution is 2.38. The third-order valence-electron chi connectivity index (χ3n) is 5.14. The number of hydrogen-bond acceptors (Lipinski definition) is 6. The number of nitrogens with one attached hydrogen (secondary N) is 2. The molecule has 2 N–H and O–H groups in total. The van der Waals surface area contributed by atoms with Crippen LogP contribution in [-0.2, 0) is 6.18 Å². The Bertz CT molecular complexity index is 1370. The van der Waals surface area contributed by atoms with Crippen molar-refractivity contribution in [2.45, 2.75) is 6.18 Å². The average molecular weight is 488 g/mol. The highest BCUT2D eigenvalue weighted by atomic mass is 32.1. The van der Waals surface area contributed by atoms with E-state index in [0.717, 1.165) is 34.4 Å². The van der Waals surface area contributed by atoms with Crippen LogP contribution in [0.15, 0.2) is 54.6 Å². The number of ether oxygens (including phenoxy) is 2. The molecule has 0 aliphatic carbocycles. The molecule has 0 saturated heterocycles. The Hall–Kier alpha value is -3.79. The Morgan fingerprint density at radius 1 is 1.00 bits per heavy atom. The van der Waals surface area contributed by atoms with Gasteiger partial charge in [-0.1, -0.05) is 6.07 Å². The van der Waals surface area contributed by atoms with Crippen LogP contribution in [-0.4, -0.2) is 32.2 Å². The van der Waals surface area contributed by atoms with Crippen molar-refractivity contribution in [3.05, 3.63) is 65.0 Å². The molecule has 0 aliphatic rings. The van der Waals surface area contributed by atoms with E-state index in [4.69, 9.17) is 14.5 Å². The first-order valence-corrected chi connectivity index (χ1v) is 10.9. The van der Waals surface area contributed by atoms with E-state index in [9.17, 15) is 18.0 Å². The number of thiophene rings is 1. The van der Waals surface area contributed by atoms with Crippen molar-refractivity contribution < 1.29 is 27.4 Å². The largest absolute Gasteiger partial charge is 0.493 e. The summed E-state index contributed by atoms with van der Waals surface area (Å²) in [5.74, 6) is 0.624. The SMILES string of the molecule is CNc1c(C(=O)Nc2cccc(C(F)(F)F)c2)sc2nc(-c3ccc(OC)c(OC)c3)ccc12. The number of benzene rings is 2. The van der Waals surface area contributed by atoms with Crippen LogP contribution in [0, 0.1) is 0 Å².